The van der Waals surface area contributed by atoms with E-state index in [-0.39, 0.29) is 5.56 Å². The van der Waals surface area contributed by atoms with Gasteiger partial charge in [0.1, 0.15) is 5.82 Å². The van der Waals surface area contributed by atoms with Gasteiger partial charge < -0.3 is 9.88 Å². The van der Waals surface area contributed by atoms with E-state index in [9.17, 15) is 9.18 Å². The molecular weight excluding hydrogens is 253 g/mol. The average Bonchev–Trinajstić information content (AvgIpc) is 2.30. The molecule has 0 fully saturated rings. The second-order valence-electron chi connectivity index (χ2n) is 4.53. The van der Waals surface area contributed by atoms with Crippen molar-refractivity contribution in [2.24, 2.45) is 0 Å². The fourth-order valence-electron chi connectivity index (χ4n) is 1.76. The molecule has 0 bridgehead atoms. The SMILES string of the molecule is C[NH+](C)CCn1c(=S)[nH]c2ccc(F)cc2c1=O. The summed E-state index contributed by atoms with van der Waals surface area (Å²) >= 11 is 5.16. The minimum absolute atomic E-state index is 0.241. The van der Waals surface area contributed by atoms with Crippen LogP contribution in [0.1, 0.15) is 0 Å². The van der Waals surface area contributed by atoms with Gasteiger partial charge in [0, 0.05) is 0 Å². The first-order valence-corrected chi connectivity index (χ1v) is 6.11. The molecule has 0 unspecified atom stereocenters. The van der Waals surface area contributed by atoms with Crippen LogP contribution in [-0.4, -0.2) is 30.2 Å². The number of quaternary nitrogens is 1. The van der Waals surface area contributed by atoms with Crippen molar-refractivity contribution in [3.63, 3.8) is 0 Å². The van der Waals surface area contributed by atoms with E-state index in [1.807, 2.05) is 14.1 Å². The molecule has 1 aromatic carbocycles. The van der Waals surface area contributed by atoms with Crippen molar-refractivity contribution in [3.8, 4) is 0 Å². The van der Waals surface area contributed by atoms with Gasteiger partial charge in [0.15, 0.2) is 4.77 Å². The number of benzene rings is 1. The summed E-state index contributed by atoms with van der Waals surface area (Å²) in [6, 6.07) is 4.08. The summed E-state index contributed by atoms with van der Waals surface area (Å²) in [7, 11) is 4.00. The van der Waals surface area contributed by atoms with Crippen molar-refractivity contribution in [1.82, 2.24) is 9.55 Å². The highest BCUT2D eigenvalue weighted by atomic mass is 32.1. The molecule has 18 heavy (non-hydrogen) atoms. The van der Waals surface area contributed by atoms with Gasteiger partial charge in [-0.1, -0.05) is 0 Å². The maximum Gasteiger partial charge on any atom is 0.262 e. The first-order chi connectivity index (χ1) is 8.49. The van der Waals surface area contributed by atoms with Gasteiger partial charge in [-0.05, 0) is 30.4 Å². The number of halogens is 1. The Balaban J connectivity index is 2.60. The van der Waals surface area contributed by atoms with Crippen LogP contribution in [0.4, 0.5) is 4.39 Å². The van der Waals surface area contributed by atoms with Crippen LogP contribution >= 0.6 is 12.2 Å². The Morgan fingerprint density at radius 1 is 1.44 bits per heavy atom. The monoisotopic (exact) mass is 268 g/mol. The lowest BCUT2D eigenvalue weighted by atomic mass is 10.2. The van der Waals surface area contributed by atoms with Gasteiger partial charge in [0.25, 0.3) is 5.56 Å². The molecule has 2 rings (SSSR count). The third kappa shape index (κ3) is 2.49. The average molecular weight is 268 g/mol. The summed E-state index contributed by atoms with van der Waals surface area (Å²) in [5, 5.41) is 0.331. The zero-order valence-electron chi connectivity index (χ0n) is 10.3. The molecule has 0 saturated heterocycles. The molecule has 6 heteroatoms. The lowest BCUT2D eigenvalue weighted by Gasteiger charge is -2.10. The van der Waals surface area contributed by atoms with Crippen LogP contribution in [0.25, 0.3) is 10.9 Å². The van der Waals surface area contributed by atoms with Crippen LogP contribution in [-0.2, 0) is 6.54 Å². The molecule has 1 aromatic heterocycles. The molecule has 2 aromatic rings. The number of fused-ring (bicyclic) bond motifs is 1. The Kier molecular flexibility index (Phi) is 3.58. The summed E-state index contributed by atoms with van der Waals surface area (Å²) < 4.78 is 15.0. The Hall–Kier alpha value is -1.53. The van der Waals surface area contributed by atoms with Gasteiger partial charge in [0.2, 0.25) is 0 Å². The highest BCUT2D eigenvalue weighted by Gasteiger charge is 2.07. The number of aromatic nitrogens is 2. The van der Waals surface area contributed by atoms with Crippen LogP contribution in [0.15, 0.2) is 23.0 Å². The van der Waals surface area contributed by atoms with E-state index < -0.39 is 5.82 Å². The molecular formula is C12H15FN3OS+. The fourth-order valence-corrected chi connectivity index (χ4v) is 2.05. The van der Waals surface area contributed by atoms with Gasteiger partial charge >= 0.3 is 0 Å². The molecule has 4 nitrogen and oxygen atoms in total. The van der Waals surface area contributed by atoms with Crippen molar-refractivity contribution in [3.05, 3.63) is 39.1 Å². The highest BCUT2D eigenvalue weighted by Crippen LogP contribution is 2.08. The number of H-pyrrole nitrogens is 1. The number of rotatable bonds is 3. The molecule has 2 N–H and O–H groups in total. The van der Waals surface area contributed by atoms with E-state index in [0.717, 1.165) is 6.54 Å². The predicted octanol–water partition coefficient (Wildman–Crippen LogP) is 0.343. The third-order valence-electron chi connectivity index (χ3n) is 2.78. The van der Waals surface area contributed by atoms with E-state index >= 15 is 0 Å². The molecule has 0 spiro atoms. The smallest absolute Gasteiger partial charge is 0.262 e. The molecule has 0 saturated carbocycles. The topological polar surface area (TPSA) is 42.2 Å². The molecule has 0 atom stereocenters. The first kappa shape index (κ1) is 12.9. The zero-order chi connectivity index (χ0) is 13.3. The molecule has 0 aliphatic carbocycles. The zero-order valence-corrected chi connectivity index (χ0v) is 11.1. The molecule has 1 heterocycles. The largest absolute Gasteiger partial charge is 0.338 e. The van der Waals surface area contributed by atoms with E-state index in [0.29, 0.717) is 22.2 Å². The molecule has 0 radical (unpaired) electrons. The third-order valence-corrected chi connectivity index (χ3v) is 3.10. The summed E-state index contributed by atoms with van der Waals surface area (Å²) in [6.45, 7) is 1.29. The summed E-state index contributed by atoms with van der Waals surface area (Å²) in [6.07, 6.45) is 0. The fraction of sp³-hybridized carbons (Fsp3) is 0.333. The van der Waals surface area contributed by atoms with Crippen molar-refractivity contribution in [2.45, 2.75) is 6.54 Å². The van der Waals surface area contributed by atoms with E-state index in [2.05, 4.69) is 4.98 Å². The van der Waals surface area contributed by atoms with E-state index in [4.69, 9.17) is 12.2 Å². The van der Waals surface area contributed by atoms with Crippen molar-refractivity contribution in [1.29, 1.82) is 0 Å². The van der Waals surface area contributed by atoms with Crippen LogP contribution in [0, 0.1) is 10.6 Å². The standard InChI is InChI=1S/C12H14FN3OS/c1-15(2)5-6-16-11(17)9-7-8(13)3-4-10(9)14-12(16)18/h3-4,7H,5-6H2,1-2H3,(H,14,18)/p+1. The second kappa shape index (κ2) is 4.99. The lowest BCUT2D eigenvalue weighted by molar-refractivity contribution is -0.858. The Morgan fingerprint density at radius 3 is 2.83 bits per heavy atom. The lowest BCUT2D eigenvalue weighted by Crippen LogP contribution is -3.06. The highest BCUT2D eigenvalue weighted by molar-refractivity contribution is 7.71. The number of likely N-dealkylation sites (N-methyl/N-ethyl adjacent to an activating group) is 1. The Labute approximate surface area is 109 Å². The van der Waals surface area contributed by atoms with Gasteiger partial charge in [0.05, 0.1) is 38.1 Å². The van der Waals surface area contributed by atoms with Crippen molar-refractivity contribution in [2.75, 3.05) is 20.6 Å². The van der Waals surface area contributed by atoms with E-state index in [1.165, 1.54) is 27.7 Å². The van der Waals surface area contributed by atoms with Crippen molar-refractivity contribution < 1.29 is 9.29 Å². The van der Waals surface area contributed by atoms with Crippen LogP contribution in [0.5, 0.6) is 0 Å². The molecule has 96 valence electrons. The van der Waals surface area contributed by atoms with Gasteiger partial charge in [-0.25, -0.2) is 4.39 Å². The molecule has 0 aliphatic rings. The normalized spacial score (nSPS) is 11.3. The van der Waals surface area contributed by atoms with Gasteiger partial charge in [-0.2, -0.15) is 0 Å². The minimum Gasteiger partial charge on any atom is -0.338 e. The Morgan fingerprint density at radius 2 is 2.17 bits per heavy atom. The summed E-state index contributed by atoms with van der Waals surface area (Å²) in [4.78, 5) is 16.4. The minimum atomic E-state index is -0.421. The summed E-state index contributed by atoms with van der Waals surface area (Å²) in [5.74, 6) is -0.421. The van der Waals surface area contributed by atoms with Crippen LogP contribution in [0.3, 0.4) is 0 Å². The Bertz CT molecular complexity index is 690. The number of nitrogens with one attached hydrogen (secondary N) is 2. The van der Waals surface area contributed by atoms with Gasteiger partial charge in [-0.15, -0.1) is 0 Å². The number of hydrogen-bond donors (Lipinski definition) is 2. The van der Waals surface area contributed by atoms with Crippen molar-refractivity contribution >= 4 is 23.1 Å². The quantitative estimate of drug-likeness (QED) is 0.789. The number of aromatic amines is 1. The maximum absolute atomic E-state index is 13.2. The van der Waals surface area contributed by atoms with Crippen LogP contribution in [0.2, 0.25) is 0 Å². The molecule has 0 amide bonds. The maximum atomic E-state index is 13.2. The second-order valence-corrected chi connectivity index (χ2v) is 4.92. The number of hydrogen-bond acceptors (Lipinski definition) is 2. The first-order valence-electron chi connectivity index (χ1n) is 5.70. The van der Waals surface area contributed by atoms with E-state index in [1.54, 1.807) is 0 Å². The van der Waals surface area contributed by atoms with Gasteiger partial charge in [-0.3, -0.25) is 9.36 Å². The summed E-state index contributed by atoms with van der Waals surface area (Å²) in [5.41, 5.74) is 0.328. The molecule has 0 aliphatic heterocycles. The number of nitrogens with zero attached hydrogens (tertiary/aromatic N) is 1. The predicted molar refractivity (Wildman–Crippen MR) is 71.0 cm³/mol. The van der Waals surface area contributed by atoms with Crippen LogP contribution < -0.4 is 10.5 Å².